The van der Waals surface area contributed by atoms with Gasteiger partial charge in [0.2, 0.25) is 0 Å². The van der Waals surface area contributed by atoms with E-state index in [0.29, 0.717) is 0 Å². The average Bonchev–Trinajstić information content (AvgIpc) is 2.25. The van der Waals surface area contributed by atoms with E-state index in [-0.39, 0.29) is 24.3 Å². The molecular formula is C10H20N2O2. The average molecular weight is 200 g/mol. The lowest BCUT2D eigenvalue weighted by Gasteiger charge is -2.25. The molecule has 2 atom stereocenters. The minimum Gasteiger partial charge on any atom is -0.443 e. The van der Waals surface area contributed by atoms with Crippen molar-refractivity contribution in [2.75, 3.05) is 20.6 Å². The highest BCUT2D eigenvalue weighted by atomic mass is 16.6. The minimum atomic E-state index is -0.181. The smallest absolute Gasteiger partial charge is 0.410 e. The van der Waals surface area contributed by atoms with Crippen LogP contribution in [0.5, 0.6) is 0 Å². The van der Waals surface area contributed by atoms with Gasteiger partial charge in [-0.25, -0.2) is 4.79 Å². The van der Waals surface area contributed by atoms with Crippen LogP contribution in [0, 0.1) is 0 Å². The molecule has 14 heavy (non-hydrogen) atoms. The molecule has 82 valence electrons. The quantitative estimate of drug-likeness (QED) is 0.685. The number of carbonyl (C=O) groups is 1. The summed E-state index contributed by atoms with van der Waals surface area (Å²) in [6.45, 7) is 6.85. The second kappa shape index (κ2) is 4.17. The molecule has 4 heteroatoms. The van der Waals surface area contributed by atoms with Gasteiger partial charge < -0.3 is 9.64 Å². The highest BCUT2D eigenvalue weighted by Gasteiger charge is 2.39. The zero-order valence-electron chi connectivity index (χ0n) is 9.65. The lowest BCUT2D eigenvalue weighted by molar-refractivity contribution is 0.113. The van der Waals surface area contributed by atoms with Gasteiger partial charge >= 0.3 is 6.09 Å². The van der Waals surface area contributed by atoms with Crippen molar-refractivity contribution in [1.29, 1.82) is 0 Å². The van der Waals surface area contributed by atoms with Gasteiger partial charge in [0.15, 0.2) is 0 Å². The topological polar surface area (TPSA) is 32.8 Å². The Balaban J connectivity index is 2.64. The van der Waals surface area contributed by atoms with E-state index in [2.05, 4.69) is 0 Å². The predicted octanol–water partition coefficient (Wildman–Crippen LogP) is 1.17. The van der Waals surface area contributed by atoms with Crippen molar-refractivity contribution in [3.05, 3.63) is 0 Å². The molecule has 4 nitrogen and oxygen atoms in total. The van der Waals surface area contributed by atoms with E-state index in [9.17, 15) is 4.79 Å². The Morgan fingerprint density at radius 3 is 2.43 bits per heavy atom. The summed E-state index contributed by atoms with van der Waals surface area (Å²) >= 11 is 0. The Hall–Kier alpha value is -0.770. The van der Waals surface area contributed by atoms with Crippen molar-refractivity contribution in [2.45, 2.75) is 39.0 Å². The molecule has 1 rings (SSSR count). The number of amides is 1. The summed E-state index contributed by atoms with van der Waals surface area (Å²) in [5, 5.41) is 0. The fraction of sp³-hybridized carbons (Fsp3) is 0.900. The maximum atomic E-state index is 11.5. The first-order chi connectivity index (χ1) is 6.43. The summed E-state index contributed by atoms with van der Waals surface area (Å²) in [7, 11) is 3.97. The third-order valence-electron chi connectivity index (χ3n) is 2.54. The van der Waals surface area contributed by atoms with Gasteiger partial charge in [0.1, 0.15) is 6.10 Å². The first kappa shape index (κ1) is 11.3. The van der Waals surface area contributed by atoms with Crippen LogP contribution in [0.1, 0.15) is 20.8 Å². The molecule has 0 saturated carbocycles. The van der Waals surface area contributed by atoms with Crippen molar-refractivity contribution in [3.8, 4) is 0 Å². The minimum absolute atomic E-state index is 0.0000926. The number of hydrogen-bond donors (Lipinski definition) is 0. The molecule has 1 saturated heterocycles. The molecule has 1 heterocycles. The van der Waals surface area contributed by atoms with E-state index in [0.717, 1.165) is 6.54 Å². The van der Waals surface area contributed by atoms with Gasteiger partial charge in [0.25, 0.3) is 0 Å². The van der Waals surface area contributed by atoms with Crippen LogP contribution in [0.2, 0.25) is 0 Å². The normalized spacial score (nSPS) is 27.6. The first-order valence-electron chi connectivity index (χ1n) is 5.07. The molecule has 1 aliphatic rings. The molecule has 0 N–H and O–H groups in total. The number of carbonyl (C=O) groups excluding carboxylic acids is 1. The Labute approximate surface area is 85.8 Å². The Morgan fingerprint density at radius 1 is 1.50 bits per heavy atom. The largest absolute Gasteiger partial charge is 0.443 e. The van der Waals surface area contributed by atoms with E-state index >= 15 is 0 Å². The van der Waals surface area contributed by atoms with Gasteiger partial charge in [-0.2, -0.15) is 0 Å². The molecule has 1 aliphatic heterocycles. The maximum absolute atomic E-state index is 11.5. The van der Waals surface area contributed by atoms with Crippen LogP contribution in [0.15, 0.2) is 0 Å². The van der Waals surface area contributed by atoms with Crippen molar-refractivity contribution in [3.63, 3.8) is 0 Å². The SMILES string of the molecule is CC(C)N1C(=O)OC(CN(C)C)C1C. The van der Waals surface area contributed by atoms with E-state index in [4.69, 9.17) is 4.74 Å². The maximum Gasteiger partial charge on any atom is 0.410 e. The van der Waals surface area contributed by atoms with Crippen LogP contribution in [0.3, 0.4) is 0 Å². The molecule has 0 bridgehead atoms. The molecule has 0 spiro atoms. The van der Waals surface area contributed by atoms with Crippen LogP contribution in [0.25, 0.3) is 0 Å². The summed E-state index contributed by atoms with van der Waals surface area (Å²) in [6, 6.07) is 0.384. The fourth-order valence-electron chi connectivity index (χ4n) is 1.87. The van der Waals surface area contributed by atoms with E-state index in [1.807, 2.05) is 39.8 Å². The molecular weight excluding hydrogens is 180 g/mol. The van der Waals surface area contributed by atoms with Crippen LogP contribution in [-0.2, 0) is 4.74 Å². The molecule has 1 fully saturated rings. The highest BCUT2D eigenvalue weighted by Crippen LogP contribution is 2.21. The standard InChI is InChI=1S/C10H20N2O2/c1-7(2)12-8(3)9(6-11(4)5)14-10(12)13/h7-9H,6H2,1-5H3. The Bertz CT molecular complexity index is 216. The van der Waals surface area contributed by atoms with Gasteiger partial charge in [-0.05, 0) is 34.9 Å². The van der Waals surface area contributed by atoms with E-state index < -0.39 is 0 Å². The number of rotatable bonds is 3. The number of hydrogen-bond acceptors (Lipinski definition) is 3. The zero-order chi connectivity index (χ0) is 10.9. The molecule has 1 amide bonds. The third kappa shape index (κ3) is 2.18. The Kier molecular flexibility index (Phi) is 3.37. The Morgan fingerprint density at radius 2 is 2.07 bits per heavy atom. The fourth-order valence-corrected chi connectivity index (χ4v) is 1.87. The second-order valence-electron chi connectivity index (χ2n) is 4.43. The summed E-state index contributed by atoms with van der Waals surface area (Å²) < 4.78 is 5.30. The van der Waals surface area contributed by atoms with Crippen LogP contribution in [-0.4, -0.2) is 54.7 Å². The van der Waals surface area contributed by atoms with Crippen LogP contribution in [0.4, 0.5) is 4.79 Å². The molecule has 2 unspecified atom stereocenters. The molecule has 0 radical (unpaired) electrons. The lowest BCUT2D eigenvalue weighted by atomic mass is 10.1. The van der Waals surface area contributed by atoms with Crippen molar-refractivity contribution in [1.82, 2.24) is 9.80 Å². The van der Waals surface area contributed by atoms with Crippen molar-refractivity contribution in [2.24, 2.45) is 0 Å². The first-order valence-corrected chi connectivity index (χ1v) is 5.07. The summed E-state index contributed by atoms with van der Waals surface area (Å²) in [5.41, 5.74) is 0. The van der Waals surface area contributed by atoms with Crippen molar-refractivity contribution < 1.29 is 9.53 Å². The third-order valence-corrected chi connectivity index (χ3v) is 2.54. The summed E-state index contributed by atoms with van der Waals surface area (Å²) in [6.07, 6.45) is -0.181. The zero-order valence-corrected chi connectivity index (χ0v) is 9.65. The monoisotopic (exact) mass is 200 g/mol. The summed E-state index contributed by atoms with van der Waals surface area (Å²) in [4.78, 5) is 15.3. The molecule has 0 aromatic rings. The molecule has 0 aromatic heterocycles. The molecule has 0 aromatic carbocycles. The van der Waals surface area contributed by atoms with Gasteiger partial charge in [0, 0.05) is 12.6 Å². The number of cyclic esters (lactones) is 1. The van der Waals surface area contributed by atoms with Crippen LogP contribution < -0.4 is 0 Å². The number of likely N-dealkylation sites (N-methyl/N-ethyl adjacent to an activating group) is 1. The second-order valence-corrected chi connectivity index (χ2v) is 4.43. The van der Waals surface area contributed by atoms with Gasteiger partial charge in [0.05, 0.1) is 6.04 Å². The van der Waals surface area contributed by atoms with E-state index in [1.54, 1.807) is 4.90 Å². The van der Waals surface area contributed by atoms with Gasteiger partial charge in [-0.3, -0.25) is 4.90 Å². The highest BCUT2D eigenvalue weighted by molar-refractivity contribution is 5.71. The van der Waals surface area contributed by atoms with Crippen molar-refractivity contribution >= 4 is 6.09 Å². The lowest BCUT2D eigenvalue weighted by Crippen LogP contribution is -2.41. The summed E-state index contributed by atoms with van der Waals surface area (Å²) in [5.74, 6) is 0. The van der Waals surface area contributed by atoms with Gasteiger partial charge in [-0.15, -0.1) is 0 Å². The van der Waals surface area contributed by atoms with Gasteiger partial charge in [-0.1, -0.05) is 0 Å². The van der Waals surface area contributed by atoms with E-state index in [1.165, 1.54) is 0 Å². The molecule has 0 aliphatic carbocycles. The number of ether oxygens (including phenoxy) is 1. The van der Waals surface area contributed by atoms with Crippen LogP contribution >= 0.6 is 0 Å². The number of nitrogens with zero attached hydrogens (tertiary/aromatic N) is 2. The predicted molar refractivity (Wildman–Crippen MR) is 55.3 cm³/mol.